The molecule has 2 aliphatic carbocycles. The van der Waals surface area contributed by atoms with E-state index in [9.17, 15) is 14.7 Å². The monoisotopic (exact) mass is 385 g/mol. The van der Waals surface area contributed by atoms with Crippen molar-refractivity contribution in [2.45, 2.75) is 77.0 Å². The lowest BCUT2D eigenvalue weighted by molar-refractivity contribution is -0.128. The van der Waals surface area contributed by atoms with Crippen molar-refractivity contribution in [3.63, 3.8) is 0 Å². The molecule has 0 aliphatic heterocycles. The molecular weight excluding hydrogens is 358 g/mol. The highest BCUT2D eigenvalue weighted by molar-refractivity contribution is 5.86. The Morgan fingerprint density at radius 3 is 2.68 bits per heavy atom. The van der Waals surface area contributed by atoms with E-state index in [2.05, 4.69) is 5.32 Å². The van der Waals surface area contributed by atoms with Gasteiger partial charge in [0.05, 0.1) is 6.10 Å². The van der Waals surface area contributed by atoms with Crippen LogP contribution in [0.5, 0.6) is 5.75 Å². The van der Waals surface area contributed by atoms with Gasteiger partial charge in [0, 0.05) is 22.6 Å². The minimum atomic E-state index is -0.663. The highest BCUT2D eigenvalue weighted by Gasteiger charge is 2.25. The van der Waals surface area contributed by atoms with Crippen LogP contribution in [-0.4, -0.2) is 29.3 Å². The zero-order valence-corrected chi connectivity index (χ0v) is 16.4. The maximum atomic E-state index is 12.5. The summed E-state index contributed by atoms with van der Waals surface area (Å²) < 4.78 is 11.5. The molecule has 0 bridgehead atoms. The Bertz CT molecular complexity index is 956. The number of aryl methyl sites for hydroxylation is 2. The van der Waals surface area contributed by atoms with E-state index in [1.165, 1.54) is 0 Å². The van der Waals surface area contributed by atoms with Crippen LogP contribution in [0.4, 0.5) is 0 Å². The highest BCUT2D eigenvalue weighted by atomic mass is 16.5. The van der Waals surface area contributed by atoms with Gasteiger partial charge in [-0.2, -0.15) is 0 Å². The molecule has 0 radical (unpaired) electrons. The quantitative estimate of drug-likeness (QED) is 0.790. The standard InChI is InChI=1S/C22H27NO5/c1-12-19(27-13(2)21(25)23-14-6-8-15(24)9-7-14)11-10-17-16-4-3-5-18(16)22(26)28-20(12)17/h10-11,13-15,24H,3-9H2,1-2H3,(H,23,25). The summed E-state index contributed by atoms with van der Waals surface area (Å²) in [7, 11) is 0. The number of hydrogen-bond acceptors (Lipinski definition) is 5. The van der Waals surface area contributed by atoms with Crippen LogP contribution in [0.2, 0.25) is 0 Å². The molecular formula is C22H27NO5. The molecule has 6 heteroatoms. The fraction of sp³-hybridized carbons (Fsp3) is 0.545. The molecule has 2 aliphatic rings. The second-order valence-electron chi connectivity index (χ2n) is 8.04. The predicted octanol–water partition coefficient (Wildman–Crippen LogP) is 2.78. The van der Waals surface area contributed by atoms with E-state index < -0.39 is 6.10 Å². The SMILES string of the molecule is Cc1c(OC(C)C(=O)NC2CCC(O)CC2)ccc2c3c(c(=O)oc12)CCC3. The summed E-state index contributed by atoms with van der Waals surface area (Å²) in [5.74, 6) is 0.381. The largest absolute Gasteiger partial charge is 0.480 e. The van der Waals surface area contributed by atoms with Gasteiger partial charge >= 0.3 is 5.63 Å². The maximum Gasteiger partial charge on any atom is 0.339 e. The molecule has 1 saturated carbocycles. The van der Waals surface area contributed by atoms with Crippen molar-refractivity contribution in [2.75, 3.05) is 0 Å². The molecule has 4 rings (SSSR count). The minimum absolute atomic E-state index is 0.0836. The molecule has 2 N–H and O–H groups in total. The van der Waals surface area contributed by atoms with Gasteiger partial charge in [0.15, 0.2) is 6.10 Å². The summed E-state index contributed by atoms with van der Waals surface area (Å²) in [6, 6.07) is 3.87. The number of carbonyl (C=O) groups excluding carboxylic acids is 1. The number of fused-ring (bicyclic) bond motifs is 3. The fourth-order valence-electron chi connectivity index (χ4n) is 4.37. The Morgan fingerprint density at radius 1 is 1.21 bits per heavy atom. The van der Waals surface area contributed by atoms with Crippen LogP contribution in [0.3, 0.4) is 0 Å². The number of ether oxygens (including phenoxy) is 1. The van der Waals surface area contributed by atoms with E-state index in [0.29, 0.717) is 24.2 Å². The smallest absolute Gasteiger partial charge is 0.339 e. The molecule has 1 atom stereocenters. The second kappa shape index (κ2) is 7.59. The maximum absolute atomic E-state index is 12.5. The lowest BCUT2D eigenvalue weighted by Gasteiger charge is -2.27. The number of nitrogens with one attached hydrogen (secondary N) is 1. The molecule has 28 heavy (non-hydrogen) atoms. The topological polar surface area (TPSA) is 88.8 Å². The number of benzene rings is 1. The zero-order valence-electron chi connectivity index (χ0n) is 16.4. The minimum Gasteiger partial charge on any atom is -0.480 e. The molecule has 150 valence electrons. The van der Waals surface area contributed by atoms with Crippen LogP contribution in [0.15, 0.2) is 21.3 Å². The van der Waals surface area contributed by atoms with E-state index >= 15 is 0 Å². The highest BCUT2D eigenvalue weighted by Crippen LogP contribution is 2.33. The van der Waals surface area contributed by atoms with Crippen molar-refractivity contribution >= 4 is 16.9 Å². The summed E-state index contributed by atoms with van der Waals surface area (Å²) in [6.07, 6.45) is 4.73. The van der Waals surface area contributed by atoms with Gasteiger partial charge in [0.2, 0.25) is 0 Å². The normalized spacial score (nSPS) is 22.7. The Labute approximate surface area is 163 Å². The average molecular weight is 385 g/mol. The van der Waals surface area contributed by atoms with Crippen LogP contribution in [0.25, 0.3) is 11.0 Å². The van der Waals surface area contributed by atoms with Gasteiger partial charge in [-0.1, -0.05) is 0 Å². The first-order valence-electron chi connectivity index (χ1n) is 10.2. The van der Waals surface area contributed by atoms with Gasteiger partial charge in [0.25, 0.3) is 5.91 Å². The molecule has 1 aromatic heterocycles. The van der Waals surface area contributed by atoms with Gasteiger partial charge in [0.1, 0.15) is 11.3 Å². The van der Waals surface area contributed by atoms with Gasteiger partial charge in [-0.3, -0.25) is 4.79 Å². The van der Waals surface area contributed by atoms with Gasteiger partial charge in [-0.05, 0) is 76.5 Å². The van der Waals surface area contributed by atoms with Crippen molar-refractivity contribution in [3.8, 4) is 5.75 Å². The molecule has 1 heterocycles. The van der Waals surface area contributed by atoms with Crippen LogP contribution in [0.1, 0.15) is 55.7 Å². The van der Waals surface area contributed by atoms with Crippen molar-refractivity contribution in [1.82, 2.24) is 5.32 Å². The summed E-state index contributed by atoms with van der Waals surface area (Å²) in [5.41, 5.74) is 2.92. The zero-order chi connectivity index (χ0) is 19.8. The average Bonchev–Trinajstić information content (AvgIpc) is 3.17. The summed E-state index contributed by atoms with van der Waals surface area (Å²) >= 11 is 0. The fourth-order valence-corrected chi connectivity index (χ4v) is 4.37. The molecule has 0 saturated heterocycles. The lowest BCUT2D eigenvalue weighted by atomic mass is 9.93. The Hall–Kier alpha value is -2.34. The van der Waals surface area contributed by atoms with E-state index in [-0.39, 0.29) is 23.7 Å². The predicted molar refractivity (Wildman–Crippen MR) is 106 cm³/mol. The number of carbonyl (C=O) groups is 1. The summed E-state index contributed by atoms with van der Waals surface area (Å²) in [6.45, 7) is 3.57. The second-order valence-corrected chi connectivity index (χ2v) is 8.04. The van der Waals surface area contributed by atoms with E-state index in [1.54, 1.807) is 6.92 Å². The van der Waals surface area contributed by atoms with Crippen molar-refractivity contribution in [3.05, 3.63) is 39.2 Å². The van der Waals surface area contributed by atoms with Crippen LogP contribution >= 0.6 is 0 Å². The Kier molecular flexibility index (Phi) is 5.15. The summed E-state index contributed by atoms with van der Waals surface area (Å²) in [4.78, 5) is 24.8. The molecule has 6 nitrogen and oxygen atoms in total. The molecule has 1 amide bonds. The van der Waals surface area contributed by atoms with Gasteiger partial charge < -0.3 is 19.6 Å². The van der Waals surface area contributed by atoms with E-state index in [0.717, 1.165) is 54.2 Å². The first-order valence-corrected chi connectivity index (χ1v) is 10.2. The third-order valence-electron chi connectivity index (χ3n) is 6.06. The number of aliphatic hydroxyl groups excluding tert-OH is 1. The number of aliphatic hydroxyl groups is 1. The third-order valence-corrected chi connectivity index (χ3v) is 6.06. The lowest BCUT2D eigenvalue weighted by Crippen LogP contribution is -2.44. The van der Waals surface area contributed by atoms with Crippen molar-refractivity contribution in [1.29, 1.82) is 0 Å². The van der Waals surface area contributed by atoms with Gasteiger partial charge in [-0.25, -0.2) is 4.79 Å². The molecule has 1 fully saturated rings. The first kappa shape index (κ1) is 19.0. The van der Waals surface area contributed by atoms with Gasteiger partial charge in [-0.15, -0.1) is 0 Å². The molecule has 2 aromatic rings. The first-order chi connectivity index (χ1) is 13.4. The molecule has 0 spiro atoms. The number of amides is 1. The number of rotatable bonds is 4. The summed E-state index contributed by atoms with van der Waals surface area (Å²) in [5, 5.41) is 13.6. The number of hydrogen-bond donors (Lipinski definition) is 2. The van der Waals surface area contributed by atoms with Crippen LogP contribution < -0.4 is 15.7 Å². The van der Waals surface area contributed by atoms with Crippen LogP contribution in [0, 0.1) is 6.92 Å². The third kappa shape index (κ3) is 3.53. The van der Waals surface area contributed by atoms with E-state index in [1.807, 2.05) is 19.1 Å². The van der Waals surface area contributed by atoms with E-state index in [4.69, 9.17) is 9.15 Å². The Morgan fingerprint density at radius 2 is 1.93 bits per heavy atom. The Balaban J connectivity index is 1.51. The van der Waals surface area contributed by atoms with Crippen molar-refractivity contribution < 1.29 is 19.1 Å². The molecule has 1 unspecified atom stereocenters. The van der Waals surface area contributed by atoms with Crippen LogP contribution in [-0.2, 0) is 17.6 Å². The van der Waals surface area contributed by atoms with Crippen molar-refractivity contribution in [2.24, 2.45) is 0 Å². The molecule has 1 aromatic carbocycles.